The quantitative estimate of drug-likeness (QED) is 0.142. The molecule has 13 atom stereocenters. The highest BCUT2D eigenvalue weighted by atomic mass is 16.5. The van der Waals surface area contributed by atoms with E-state index in [1.54, 1.807) is 55.4 Å². The Morgan fingerprint density at radius 3 is 1.49 bits per heavy atom. The van der Waals surface area contributed by atoms with Gasteiger partial charge in [0.2, 0.25) is 53.2 Å². The second kappa shape index (κ2) is 36.9. The fourth-order valence-corrected chi connectivity index (χ4v) is 12.2. The fourth-order valence-electron chi connectivity index (χ4n) is 12.2. The average molecular weight is 1290 g/mol. The molecule has 24 heteroatoms. The summed E-state index contributed by atoms with van der Waals surface area (Å²) in [6, 6.07) is -11.5. The first kappa shape index (κ1) is 82.8. The van der Waals surface area contributed by atoms with E-state index in [2.05, 4.69) is 16.0 Å². The lowest BCUT2D eigenvalue weighted by Gasteiger charge is -2.42. The largest absolute Gasteiger partial charge is 0.449 e. The van der Waals surface area contributed by atoms with Crippen molar-refractivity contribution >= 4 is 70.8 Å². The topological polar surface area (TPSA) is 293 Å². The molecule has 0 saturated carbocycles. The van der Waals surface area contributed by atoms with E-state index < -0.39 is 173 Å². The molecule has 0 aromatic rings. The second-order valence-electron chi connectivity index (χ2n) is 28.5. The molecule has 1 fully saturated rings. The minimum atomic E-state index is -1.62. The van der Waals surface area contributed by atoms with Crippen LogP contribution < -0.4 is 16.0 Å². The number of hydrogen-bond donors (Lipinski definition) is 4. The van der Waals surface area contributed by atoms with Crippen LogP contribution >= 0.6 is 0 Å². The van der Waals surface area contributed by atoms with Gasteiger partial charge in [-0.25, -0.2) is 4.79 Å². The molecule has 0 aliphatic carbocycles. The summed E-state index contributed by atoms with van der Waals surface area (Å²) in [5.74, 6) is -11.3. The van der Waals surface area contributed by atoms with E-state index in [4.69, 9.17) is 4.74 Å². The molecule has 0 radical (unpaired) electrons. The van der Waals surface area contributed by atoms with Crippen LogP contribution in [0.25, 0.3) is 0 Å². The zero-order chi connectivity index (χ0) is 70.8. The van der Waals surface area contributed by atoms with Crippen LogP contribution in [0.15, 0.2) is 0 Å². The number of hydrogen-bond acceptors (Lipinski definition) is 14. The number of likely N-dealkylation sites (N-methyl/N-ethyl adjacent to an activating group) is 7. The molecule has 4 N–H and O–H groups in total. The SMILES string of the molecule is CCCC[C@@H](C)[C@@H](O)[C@H]1C(=O)N[C@@H](CC)C(=O)N(C)[C@H](C)C(=O)N(C)[C@@H](C(C)(C)COC(=O)NC)C(=O)C[C@@H](C(C)C)C(=O)N(C)[C@@H](CC(C)C)C(=O)C[C@@H](C)C(=O)N[C@H](C)C(=O)N(C)[C@@H](CC(C)C)C(=O)N(C)[C@@H](CC(C)C)C(=O)N(C)[C@@H](C(C)C)C(=O)N1C. The highest BCUT2D eigenvalue weighted by Crippen LogP contribution is 2.33. The van der Waals surface area contributed by atoms with Crippen LogP contribution in [0, 0.1) is 52.8 Å². The fraction of sp³-hybridized carbons (Fsp3) is 0.821. The molecule has 0 bridgehead atoms. The van der Waals surface area contributed by atoms with Crippen molar-refractivity contribution in [1.29, 1.82) is 0 Å². The third-order valence-corrected chi connectivity index (χ3v) is 18.2. The predicted octanol–water partition coefficient (Wildman–Crippen LogP) is 5.40. The molecule has 0 aromatic carbocycles. The Labute approximate surface area is 545 Å². The number of amides is 10. The number of alkyl carbamates (subject to hydrolysis) is 1. The number of aliphatic hydroxyl groups is 1. The maximum Gasteiger partial charge on any atom is 0.406 e. The normalized spacial score (nSPS) is 26.8. The molecule has 1 rings (SSSR count). The van der Waals surface area contributed by atoms with Crippen LogP contribution in [-0.4, -0.2) is 234 Å². The molecule has 10 amide bonds. The Hall–Kier alpha value is -6.20. The van der Waals surface area contributed by atoms with Crippen LogP contribution in [0.3, 0.4) is 0 Å². The van der Waals surface area contributed by atoms with Crippen LogP contribution in [0.4, 0.5) is 4.79 Å². The summed E-state index contributed by atoms with van der Waals surface area (Å²) >= 11 is 0. The summed E-state index contributed by atoms with van der Waals surface area (Å²) in [5, 5.41) is 20.1. The molecule has 522 valence electrons. The molecule has 0 spiro atoms. The smallest absolute Gasteiger partial charge is 0.406 e. The van der Waals surface area contributed by atoms with Gasteiger partial charge in [-0.1, -0.05) is 124 Å². The molecule has 24 nitrogen and oxygen atoms in total. The van der Waals surface area contributed by atoms with E-state index in [0.29, 0.717) is 12.8 Å². The maximum atomic E-state index is 15.3. The van der Waals surface area contributed by atoms with Crippen molar-refractivity contribution in [3.8, 4) is 0 Å². The van der Waals surface area contributed by atoms with E-state index in [1.807, 2.05) is 48.5 Å². The molecule has 1 aliphatic rings. The summed E-state index contributed by atoms with van der Waals surface area (Å²) in [5.41, 5.74) is -1.34. The lowest BCUT2D eigenvalue weighted by molar-refractivity contribution is -0.157. The Kier molecular flexibility index (Phi) is 33.6. The lowest BCUT2D eigenvalue weighted by atomic mass is 9.77. The highest BCUT2D eigenvalue weighted by molar-refractivity contribution is 6.00. The van der Waals surface area contributed by atoms with Crippen molar-refractivity contribution in [2.24, 2.45) is 52.8 Å². The van der Waals surface area contributed by atoms with E-state index >= 15 is 24.0 Å². The summed E-state index contributed by atoms with van der Waals surface area (Å²) in [4.78, 5) is 184. The Morgan fingerprint density at radius 1 is 0.560 bits per heavy atom. The number of rotatable bonds is 17. The zero-order valence-corrected chi connectivity index (χ0v) is 60.3. The molecular weight excluding hydrogens is 1170 g/mol. The number of ether oxygens (including phenoxy) is 1. The number of Topliss-reactive ketones (excluding diaryl/α,β-unsaturated/α-hetero) is 2. The van der Waals surface area contributed by atoms with E-state index in [0.717, 1.165) is 21.1 Å². The van der Waals surface area contributed by atoms with Crippen molar-refractivity contribution in [2.45, 2.75) is 243 Å². The van der Waals surface area contributed by atoms with Crippen molar-refractivity contribution in [3.05, 3.63) is 0 Å². The summed E-state index contributed by atoms with van der Waals surface area (Å²) in [6.07, 6.45) is -0.696. The molecule has 1 heterocycles. The third kappa shape index (κ3) is 22.5. The molecule has 91 heavy (non-hydrogen) atoms. The number of aliphatic hydroxyl groups excluding tert-OH is 1. The van der Waals surface area contributed by atoms with Gasteiger partial charge in [-0.3, -0.25) is 52.7 Å². The number of carbonyl (C=O) groups is 12. The first-order valence-electron chi connectivity index (χ1n) is 33.0. The summed E-state index contributed by atoms with van der Waals surface area (Å²) in [6.45, 7) is 30.9. The molecular formula is C67H120N10O14. The molecule has 0 aromatic heterocycles. The van der Waals surface area contributed by atoms with Gasteiger partial charge in [-0.2, -0.15) is 0 Å². The predicted molar refractivity (Wildman–Crippen MR) is 350 cm³/mol. The minimum Gasteiger partial charge on any atom is -0.449 e. The standard InChI is InChI=1S/C67H120N10O14/c1-27-29-30-42(13)55(80)54-58(82)70-47(28-2)62(86)71(20)45(16)60(84)77(26)56(67(17,18)36-91-66(90)68-19)52(79)35-46(40(9)10)61(85)72(21)48(31-37(3)4)51(78)34-43(14)57(81)69-44(15)59(83)73(22)49(32-38(5)6)63(87)74(23)50(33-39(7)8)64(88)75(24)53(41(11)12)65(89)76(54)25/h37-50,53-56,80H,27-36H2,1-26H3,(H,68,90)(H,69,81)(H,70,82)/t42-,43-,44-,45-,46+,47+,48+,49+,50+,53+,54+,55-,56-/m1/s1. The van der Waals surface area contributed by atoms with Crippen LogP contribution in [0.2, 0.25) is 0 Å². The van der Waals surface area contributed by atoms with Gasteiger partial charge in [-0.05, 0) is 81.5 Å². The first-order valence-corrected chi connectivity index (χ1v) is 33.0. The zero-order valence-electron chi connectivity index (χ0n) is 60.3. The van der Waals surface area contributed by atoms with Crippen LogP contribution in [0.1, 0.15) is 182 Å². The van der Waals surface area contributed by atoms with Crippen molar-refractivity contribution in [2.75, 3.05) is 63.0 Å². The van der Waals surface area contributed by atoms with Gasteiger partial charge in [0.25, 0.3) is 0 Å². The molecule has 1 aliphatic heterocycles. The van der Waals surface area contributed by atoms with Gasteiger partial charge in [-0.15, -0.1) is 0 Å². The van der Waals surface area contributed by atoms with Gasteiger partial charge in [0.05, 0.1) is 18.2 Å². The van der Waals surface area contributed by atoms with Crippen LogP contribution in [0.5, 0.6) is 0 Å². The van der Waals surface area contributed by atoms with E-state index in [9.17, 15) is 38.7 Å². The Morgan fingerprint density at radius 2 is 1.03 bits per heavy atom. The summed E-state index contributed by atoms with van der Waals surface area (Å²) in [7, 11) is 11.3. The van der Waals surface area contributed by atoms with Crippen LogP contribution in [-0.2, 0) is 57.5 Å². The van der Waals surface area contributed by atoms with Crippen molar-refractivity contribution in [3.63, 3.8) is 0 Å². The van der Waals surface area contributed by atoms with Gasteiger partial charge in [0, 0.05) is 86.5 Å². The van der Waals surface area contributed by atoms with E-state index in [-0.39, 0.29) is 56.5 Å². The van der Waals surface area contributed by atoms with Gasteiger partial charge in [0.1, 0.15) is 48.9 Å². The molecule has 1 saturated heterocycles. The number of carbonyl (C=O) groups excluding carboxylic acids is 12. The third-order valence-electron chi connectivity index (χ3n) is 18.2. The second-order valence-corrected chi connectivity index (χ2v) is 28.5. The Balaban J connectivity index is 4.49. The monoisotopic (exact) mass is 1290 g/mol. The average Bonchev–Trinajstić information content (AvgIpc) is 0.833. The number of ketones is 2. The van der Waals surface area contributed by atoms with Gasteiger partial charge in [0.15, 0.2) is 11.6 Å². The maximum absolute atomic E-state index is 15.3. The Bertz CT molecular complexity index is 2500. The van der Waals surface area contributed by atoms with Gasteiger partial charge < -0.3 is 60.1 Å². The van der Waals surface area contributed by atoms with Crippen molar-refractivity contribution in [1.82, 2.24) is 50.2 Å². The lowest BCUT2D eigenvalue weighted by Crippen LogP contribution is -2.64. The molecule has 0 unspecified atom stereocenters. The number of unbranched alkanes of at least 4 members (excludes halogenated alkanes) is 1. The first-order chi connectivity index (χ1) is 41.9. The minimum absolute atomic E-state index is 0.0183. The summed E-state index contributed by atoms with van der Waals surface area (Å²) < 4.78 is 5.49. The van der Waals surface area contributed by atoms with Crippen molar-refractivity contribution < 1.29 is 67.4 Å². The van der Waals surface area contributed by atoms with E-state index in [1.165, 1.54) is 96.8 Å². The van der Waals surface area contributed by atoms with Gasteiger partial charge >= 0.3 is 6.09 Å². The number of nitrogens with zero attached hydrogens (tertiary/aromatic N) is 7. The highest BCUT2D eigenvalue weighted by Gasteiger charge is 2.48. The number of nitrogens with one attached hydrogen (secondary N) is 3.